The van der Waals surface area contributed by atoms with Gasteiger partial charge in [-0.25, -0.2) is 0 Å². The van der Waals surface area contributed by atoms with Crippen molar-refractivity contribution in [3.63, 3.8) is 0 Å². The first-order valence-electron chi connectivity index (χ1n) is 2.07. The average Bonchev–Trinajstić information content (AvgIpc) is 1.83. The summed E-state index contributed by atoms with van der Waals surface area (Å²) in [7, 11) is 0. The van der Waals surface area contributed by atoms with Gasteiger partial charge in [-0.1, -0.05) is 0 Å². The Balaban J connectivity index is 3.23. The lowest BCUT2D eigenvalue weighted by Crippen LogP contribution is -2.03. The molecule has 0 unspecified atom stereocenters. The van der Waals surface area contributed by atoms with Crippen LogP contribution in [0.2, 0.25) is 0 Å². The highest BCUT2D eigenvalue weighted by Crippen LogP contribution is 1.92. The lowest BCUT2D eigenvalue weighted by Gasteiger charge is -2.01. The fourth-order valence-corrected chi connectivity index (χ4v) is 0.186. The molecule has 0 amide bonds. The second-order valence-corrected chi connectivity index (χ2v) is 1.55. The van der Waals surface area contributed by atoms with Crippen molar-refractivity contribution < 1.29 is 4.84 Å². The number of nitrogens with zero attached hydrogens (tertiary/aromatic N) is 3. The molecule has 0 heterocycles. The fourth-order valence-electron chi connectivity index (χ4n) is 0.130. The minimum Gasteiger partial charge on any atom is -0.429 e. The van der Waals surface area contributed by atoms with Gasteiger partial charge in [0.05, 0.1) is 5.88 Å². The van der Waals surface area contributed by atoms with Gasteiger partial charge in [0.25, 0.3) is 0 Å². The molecule has 0 aliphatic heterocycles. The van der Waals surface area contributed by atoms with Crippen LogP contribution < -0.4 is 0 Å². The summed E-state index contributed by atoms with van der Waals surface area (Å²) in [6.45, 7) is 1.71. The maximum Gasteiger partial charge on any atom is 0.118 e. The molecule has 5 heteroatoms. The van der Waals surface area contributed by atoms with Crippen LogP contribution in [0.5, 0.6) is 0 Å². The van der Waals surface area contributed by atoms with Crippen molar-refractivity contribution in [2.24, 2.45) is 5.28 Å². The Hall–Kier alpha value is -0.600. The quantitative estimate of drug-likeness (QED) is 0.192. The van der Waals surface area contributed by atoms with Gasteiger partial charge in [0.15, 0.2) is 0 Å². The molecule has 0 aromatic rings. The van der Waals surface area contributed by atoms with Crippen molar-refractivity contribution in [2.75, 3.05) is 5.88 Å². The van der Waals surface area contributed by atoms with E-state index in [1.165, 1.54) is 0 Å². The van der Waals surface area contributed by atoms with E-state index in [0.29, 0.717) is 5.88 Å². The lowest BCUT2D eigenvalue weighted by atomic mass is 10.5. The number of hydrogen-bond donors (Lipinski definition) is 0. The first-order valence-corrected chi connectivity index (χ1v) is 2.61. The summed E-state index contributed by atoms with van der Waals surface area (Å²) >= 11 is 5.28. The van der Waals surface area contributed by atoms with Gasteiger partial charge in [0, 0.05) is 4.91 Å². The molecule has 0 N–H and O–H groups in total. The molecule has 0 radical (unpaired) electrons. The van der Waals surface area contributed by atoms with Gasteiger partial charge in [-0.3, -0.25) is 0 Å². The van der Waals surface area contributed by atoms with Gasteiger partial charge in [-0.15, -0.1) is 11.6 Å². The zero-order valence-corrected chi connectivity index (χ0v) is 5.17. The molecule has 0 aliphatic carbocycles. The fraction of sp³-hybridized carbons (Fsp3) is 1.00. The van der Waals surface area contributed by atoms with Crippen molar-refractivity contribution >= 4 is 11.6 Å². The van der Waals surface area contributed by atoms with E-state index in [1.54, 1.807) is 6.92 Å². The Kier molecular flexibility index (Phi) is 4.21. The topological polar surface area (TPSA) is 58.0 Å². The van der Waals surface area contributed by atoms with E-state index < -0.39 is 0 Å². The van der Waals surface area contributed by atoms with Crippen molar-refractivity contribution in [1.82, 2.24) is 0 Å². The minimum absolute atomic E-state index is 0.201. The van der Waals surface area contributed by atoms with Crippen LogP contribution in [0.15, 0.2) is 5.28 Å². The highest BCUT2D eigenvalue weighted by molar-refractivity contribution is 6.18. The molecule has 8 heavy (non-hydrogen) atoms. The van der Waals surface area contributed by atoms with Gasteiger partial charge in [-0.2, -0.15) is 0 Å². The van der Waals surface area contributed by atoms with Crippen LogP contribution in [0, 0.1) is 0 Å². The highest BCUT2D eigenvalue weighted by atomic mass is 35.5. The number of hydrogen-bond acceptors (Lipinski definition) is 2. The van der Waals surface area contributed by atoms with Gasteiger partial charge in [0.2, 0.25) is 0 Å². The molecular weight excluding hydrogens is 130 g/mol. The van der Waals surface area contributed by atoms with Crippen molar-refractivity contribution in [3.05, 3.63) is 10.4 Å². The second-order valence-electron chi connectivity index (χ2n) is 1.24. The summed E-state index contributed by atoms with van der Waals surface area (Å²) in [5.41, 5.74) is 7.70. The van der Waals surface area contributed by atoms with E-state index in [9.17, 15) is 0 Å². The number of rotatable bonds is 3. The van der Waals surface area contributed by atoms with Crippen molar-refractivity contribution in [3.8, 4) is 0 Å². The summed E-state index contributed by atoms with van der Waals surface area (Å²) in [4.78, 5) is 6.78. The Morgan fingerprint density at radius 3 is 3.00 bits per heavy atom. The van der Waals surface area contributed by atoms with Gasteiger partial charge < -0.3 is 4.84 Å². The number of azide groups is 1. The summed E-state index contributed by atoms with van der Waals surface area (Å²) in [5, 5.41) is 2.84. The molecule has 0 saturated heterocycles. The predicted molar refractivity (Wildman–Crippen MR) is 30.4 cm³/mol. The first-order chi connectivity index (χ1) is 3.81. The van der Waals surface area contributed by atoms with Crippen LogP contribution in [0.1, 0.15) is 6.92 Å². The molecule has 0 aliphatic rings. The highest BCUT2D eigenvalue weighted by Gasteiger charge is 1.94. The number of alkyl halides is 1. The molecule has 0 fully saturated rings. The maximum atomic E-state index is 7.70. The van der Waals surface area contributed by atoms with E-state index in [1.807, 2.05) is 0 Å². The van der Waals surface area contributed by atoms with Crippen molar-refractivity contribution in [1.29, 1.82) is 0 Å². The standard InChI is InChI=1S/C3H6ClN3O/c1-3(2-4)8-7-6-5/h3H,2H2,1H3/t3-/m1/s1. The Morgan fingerprint density at radius 1 is 2.00 bits per heavy atom. The van der Waals surface area contributed by atoms with Crippen LogP contribution in [0.25, 0.3) is 10.4 Å². The zero-order valence-electron chi connectivity index (χ0n) is 4.41. The summed E-state index contributed by atoms with van der Waals surface area (Å²) in [6.07, 6.45) is -0.201. The minimum atomic E-state index is -0.201. The molecule has 0 saturated carbocycles. The van der Waals surface area contributed by atoms with E-state index >= 15 is 0 Å². The van der Waals surface area contributed by atoms with Crippen LogP contribution in [0.4, 0.5) is 0 Å². The monoisotopic (exact) mass is 135 g/mol. The summed E-state index contributed by atoms with van der Waals surface area (Å²) < 4.78 is 0. The smallest absolute Gasteiger partial charge is 0.118 e. The third-order valence-electron chi connectivity index (χ3n) is 0.481. The Morgan fingerprint density at radius 2 is 2.62 bits per heavy atom. The SMILES string of the molecule is C[C@H](CCl)ON=[N+]=[N-]. The molecule has 1 atom stereocenters. The Bertz CT molecular complexity index is 101. The van der Waals surface area contributed by atoms with Gasteiger partial charge in [-0.05, 0) is 12.5 Å². The molecule has 0 spiro atoms. The van der Waals surface area contributed by atoms with E-state index in [4.69, 9.17) is 17.1 Å². The van der Waals surface area contributed by atoms with Crippen LogP contribution in [-0.4, -0.2) is 12.0 Å². The van der Waals surface area contributed by atoms with Gasteiger partial charge >= 0.3 is 0 Å². The van der Waals surface area contributed by atoms with Crippen LogP contribution in [-0.2, 0) is 4.84 Å². The normalized spacial score (nSPS) is 11.8. The number of halogens is 1. The molecule has 0 rings (SSSR count). The summed E-state index contributed by atoms with van der Waals surface area (Å²) in [5.74, 6) is 0.332. The third-order valence-corrected chi connectivity index (χ3v) is 0.915. The Labute approximate surface area is 52.0 Å². The maximum absolute atomic E-state index is 7.70. The molecule has 0 aromatic heterocycles. The predicted octanol–water partition coefficient (Wildman–Crippen LogP) is 1.86. The molecular formula is C3H6ClN3O. The summed E-state index contributed by atoms with van der Waals surface area (Å²) in [6, 6.07) is 0. The van der Waals surface area contributed by atoms with Gasteiger partial charge in [0.1, 0.15) is 11.4 Å². The second kappa shape index (κ2) is 4.56. The zero-order chi connectivity index (χ0) is 6.41. The first kappa shape index (κ1) is 7.40. The van der Waals surface area contributed by atoms with E-state index in [0.717, 1.165) is 0 Å². The molecule has 46 valence electrons. The van der Waals surface area contributed by atoms with Crippen LogP contribution >= 0.6 is 11.6 Å². The largest absolute Gasteiger partial charge is 0.429 e. The van der Waals surface area contributed by atoms with Crippen LogP contribution in [0.3, 0.4) is 0 Å². The molecule has 4 nitrogen and oxygen atoms in total. The molecule has 0 bridgehead atoms. The third kappa shape index (κ3) is 3.59. The average molecular weight is 136 g/mol. The van der Waals surface area contributed by atoms with E-state index in [2.05, 4.69) is 15.0 Å². The molecule has 0 aromatic carbocycles. The van der Waals surface area contributed by atoms with E-state index in [-0.39, 0.29) is 6.10 Å². The van der Waals surface area contributed by atoms with Crippen molar-refractivity contribution in [2.45, 2.75) is 13.0 Å². The lowest BCUT2D eigenvalue weighted by molar-refractivity contribution is 0.0832.